The Morgan fingerprint density at radius 2 is 2.00 bits per heavy atom. The maximum absolute atomic E-state index is 11.5. The summed E-state index contributed by atoms with van der Waals surface area (Å²) >= 11 is 0. The van der Waals surface area contributed by atoms with Gasteiger partial charge < -0.3 is 9.80 Å². The highest BCUT2D eigenvalue weighted by molar-refractivity contribution is 5.80. The molecule has 0 aliphatic heterocycles. The Bertz CT molecular complexity index is 423. The summed E-state index contributed by atoms with van der Waals surface area (Å²) in [5.74, 6) is 0.359. The predicted molar refractivity (Wildman–Crippen MR) is 58.7 cm³/mol. The van der Waals surface area contributed by atoms with Gasteiger partial charge >= 0.3 is 0 Å². The second kappa shape index (κ2) is 5.07. The number of carbonyl (C=O) groups excluding carboxylic acids is 1. The van der Waals surface area contributed by atoms with Crippen LogP contribution in [0.15, 0.2) is 12.4 Å². The number of nitriles is 1. The van der Waals surface area contributed by atoms with E-state index in [1.807, 2.05) is 6.07 Å². The number of hydrogen-bond donors (Lipinski definition) is 0. The van der Waals surface area contributed by atoms with E-state index in [-0.39, 0.29) is 18.1 Å². The first-order chi connectivity index (χ1) is 7.56. The number of amides is 1. The van der Waals surface area contributed by atoms with Crippen LogP contribution in [0, 0.1) is 11.3 Å². The van der Waals surface area contributed by atoms with Crippen molar-refractivity contribution in [2.45, 2.75) is 0 Å². The van der Waals surface area contributed by atoms with Crippen LogP contribution in [0.25, 0.3) is 0 Å². The van der Waals surface area contributed by atoms with Gasteiger partial charge in [-0.25, -0.2) is 9.97 Å². The zero-order chi connectivity index (χ0) is 12.1. The SMILES string of the molecule is CN(C)C(=O)CN(C)c1nccnc1C#N. The topological polar surface area (TPSA) is 73.1 Å². The molecule has 0 aromatic carbocycles. The van der Waals surface area contributed by atoms with Gasteiger partial charge in [-0.3, -0.25) is 4.79 Å². The van der Waals surface area contributed by atoms with Crippen LogP contribution in [-0.4, -0.2) is 48.5 Å². The van der Waals surface area contributed by atoms with E-state index < -0.39 is 0 Å². The van der Waals surface area contributed by atoms with E-state index in [0.717, 1.165) is 0 Å². The molecule has 0 unspecified atom stereocenters. The third-order valence-corrected chi connectivity index (χ3v) is 2.02. The maximum atomic E-state index is 11.5. The highest BCUT2D eigenvalue weighted by Crippen LogP contribution is 2.11. The molecule has 6 nitrogen and oxygen atoms in total. The number of aromatic nitrogens is 2. The van der Waals surface area contributed by atoms with Crippen molar-refractivity contribution in [3.63, 3.8) is 0 Å². The van der Waals surface area contributed by atoms with Gasteiger partial charge in [0.15, 0.2) is 11.5 Å². The van der Waals surface area contributed by atoms with Gasteiger partial charge in [0.1, 0.15) is 6.07 Å². The summed E-state index contributed by atoms with van der Waals surface area (Å²) in [6.45, 7) is 0.167. The van der Waals surface area contributed by atoms with E-state index in [9.17, 15) is 4.79 Å². The fraction of sp³-hybridized carbons (Fsp3) is 0.400. The van der Waals surface area contributed by atoms with Crippen LogP contribution in [0.5, 0.6) is 0 Å². The minimum Gasteiger partial charge on any atom is -0.348 e. The third-order valence-electron chi connectivity index (χ3n) is 2.02. The Kier molecular flexibility index (Phi) is 3.78. The van der Waals surface area contributed by atoms with Crippen molar-refractivity contribution >= 4 is 11.7 Å². The van der Waals surface area contributed by atoms with Gasteiger partial charge in [-0.2, -0.15) is 5.26 Å². The third kappa shape index (κ3) is 2.67. The summed E-state index contributed by atoms with van der Waals surface area (Å²) in [5.41, 5.74) is 0.219. The van der Waals surface area contributed by atoms with Gasteiger partial charge in [0.05, 0.1) is 6.54 Å². The fourth-order valence-corrected chi connectivity index (χ4v) is 1.11. The number of likely N-dealkylation sites (N-methyl/N-ethyl adjacent to an activating group) is 2. The highest BCUT2D eigenvalue weighted by atomic mass is 16.2. The zero-order valence-electron chi connectivity index (χ0n) is 9.51. The molecule has 0 aliphatic carbocycles. The lowest BCUT2D eigenvalue weighted by Gasteiger charge is -2.20. The monoisotopic (exact) mass is 219 g/mol. The normalized spacial score (nSPS) is 9.38. The van der Waals surface area contributed by atoms with Crippen molar-refractivity contribution < 1.29 is 4.79 Å². The molecule has 0 fully saturated rings. The van der Waals surface area contributed by atoms with Crippen molar-refractivity contribution in [2.24, 2.45) is 0 Å². The highest BCUT2D eigenvalue weighted by Gasteiger charge is 2.13. The lowest BCUT2D eigenvalue weighted by atomic mass is 10.4. The van der Waals surface area contributed by atoms with Crippen molar-refractivity contribution in [2.75, 3.05) is 32.6 Å². The van der Waals surface area contributed by atoms with Crippen molar-refractivity contribution in [3.05, 3.63) is 18.1 Å². The van der Waals surface area contributed by atoms with Gasteiger partial charge in [0.2, 0.25) is 5.91 Å². The molecule has 0 saturated heterocycles. The molecule has 0 saturated carbocycles. The molecule has 1 amide bonds. The maximum Gasteiger partial charge on any atom is 0.241 e. The number of anilines is 1. The summed E-state index contributed by atoms with van der Waals surface area (Å²) in [5, 5.41) is 8.84. The van der Waals surface area contributed by atoms with Crippen molar-refractivity contribution in [3.8, 4) is 6.07 Å². The molecular formula is C10H13N5O. The molecule has 1 aromatic rings. The molecular weight excluding hydrogens is 206 g/mol. The van der Waals surface area contributed by atoms with E-state index in [1.54, 1.807) is 26.0 Å². The Hall–Kier alpha value is -2.16. The number of carbonyl (C=O) groups is 1. The van der Waals surface area contributed by atoms with Crippen molar-refractivity contribution in [1.29, 1.82) is 5.26 Å². The van der Waals surface area contributed by atoms with Gasteiger partial charge in [-0.1, -0.05) is 0 Å². The van der Waals surface area contributed by atoms with Crippen LogP contribution in [0.2, 0.25) is 0 Å². The molecule has 0 radical (unpaired) electrons. The Balaban J connectivity index is 2.85. The van der Waals surface area contributed by atoms with Gasteiger partial charge in [0.25, 0.3) is 0 Å². The molecule has 0 bridgehead atoms. The van der Waals surface area contributed by atoms with Crippen molar-refractivity contribution in [1.82, 2.24) is 14.9 Å². The Morgan fingerprint density at radius 1 is 1.38 bits per heavy atom. The van der Waals surface area contributed by atoms with Crippen LogP contribution in [0.4, 0.5) is 5.82 Å². The fourth-order valence-electron chi connectivity index (χ4n) is 1.11. The minimum atomic E-state index is -0.0583. The van der Waals surface area contributed by atoms with Gasteiger partial charge in [0, 0.05) is 33.5 Å². The summed E-state index contributed by atoms with van der Waals surface area (Å²) in [7, 11) is 5.06. The summed E-state index contributed by atoms with van der Waals surface area (Å²) in [6, 6.07) is 1.94. The molecule has 84 valence electrons. The zero-order valence-corrected chi connectivity index (χ0v) is 9.51. The molecule has 0 atom stereocenters. The van der Waals surface area contributed by atoms with Gasteiger partial charge in [-0.15, -0.1) is 0 Å². The Morgan fingerprint density at radius 3 is 2.56 bits per heavy atom. The molecule has 0 aliphatic rings. The largest absolute Gasteiger partial charge is 0.348 e. The van der Waals surface area contributed by atoms with Crippen LogP contribution >= 0.6 is 0 Å². The molecule has 16 heavy (non-hydrogen) atoms. The number of nitrogens with zero attached hydrogens (tertiary/aromatic N) is 5. The first-order valence-corrected chi connectivity index (χ1v) is 4.68. The van der Waals surface area contributed by atoms with Crippen LogP contribution in [0.3, 0.4) is 0 Å². The van der Waals surface area contributed by atoms with E-state index >= 15 is 0 Å². The molecule has 0 spiro atoms. The van der Waals surface area contributed by atoms with Crippen LogP contribution in [0.1, 0.15) is 5.69 Å². The Labute approximate surface area is 94.1 Å². The quantitative estimate of drug-likeness (QED) is 0.708. The molecule has 1 rings (SSSR count). The lowest BCUT2D eigenvalue weighted by molar-refractivity contribution is -0.127. The minimum absolute atomic E-state index is 0.0583. The van der Waals surface area contributed by atoms with E-state index in [2.05, 4.69) is 9.97 Å². The predicted octanol–water partition coefficient (Wildman–Crippen LogP) is -0.127. The lowest BCUT2D eigenvalue weighted by Crippen LogP contribution is -2.35. The number of hydrogen-bond acceptors (Lipinski definition) is 5. The van der Waals surface area contributed by atoms with Gasteiger partial charge in [-0.05, 0) is 0 Å². The van der Waals surface area contributed by atoms with Crippen LogP contribution < -0.4 is 4.90 Å². The smallest absolute Gasteiger partial charge is 0.241 e. The standard InChI is InChI=1S/C10H13N5O/c1-14(2)9(16)7-15(3)10-8(6-11)12-4-5-13-10/h4-5H,7H2,1-3H3. The first kappa shape index (κ1) is 11.9. The molecule has 0 N–H and O–H groups in total. The average molecular weight is 219 g/mol. The summed E-state index contributed by atoms with van der Waals surface area (Å²) < 4.78 is 0. The molecule has 1 aromatic heterocycles. The summed E-state index contributed by atoms with van der Waals surface area (Å²) in [6.07, 6.45) is 2.94. The number of rotatable bonds is 3. The van der Waals surface area contributed by atoms with E-state index in [0.29, 0.717) is 5.82 Å². The average Bonchev–Trinajstić information content (AvgIpc) is 2.28. The second-order valence-electron chi connectivity index (χ2n) is 3.48. The van der Waals surface area contributed by atoms with Crippen LogP contribution in [-0.2, 0) is 4.79 Å². The van der Waals surface area contributed by atoms with E-state index in [1.165, 1.54) is 17.3 Å². The molecule has 6 heteroatoms. The molecule has 1 heterocycles. The summed E-state index contributed by atoms with van der Waals surface area (Å²) in [4.78, 5) is 22.5. The second-order valence-corrected chi connectivity index (χ2v) is 3.48. The first-order valence-electron chi connectivity index (χ1n) is 4.68. The van der Waals surface area contributed by atoms with E-state index in [4.69, 9.17) is 5.26 Å².